The van der Waals surface area contributed by atoms with Crippen LogP contribution in [0.1, 0.15) is 208 Å². The van der Waals surface area contributed by atoms with Gasteiger partial charge in [0.15, 0.2) is 96.2 Å². The minimum atomic E-state index is -0.555. The van der Waals surface area contributed by atoms with Gasteiger partial charge >= 0.3 is 5.63 Å². The van der Waals surface area contributed by atoms with Crippen molar-refractivity contribution in [2.75, 3.05) is 47.2 Å². The molecule has 790 valence electrons. The molecule has 0 aliphatic heterocycles. The van der Waals surface area contributed by atoms with E-state index >= 15 is 0 Å². The van der Waals surface area contributed by atoms with Gasteiger partial charge in [0.25, 0.3) is 28.3 Å². The van der Waals surface area contributed by atoms with Crippen molar-refractivity contribution in [2.45, 2.75) is 263 Å². The summed E-state index contributed by atoms with van der Waals surface area (Å²) in [5, 5.41) is 8.08. The van der Waals surface area contributed by atoms with Crippen LogP contribution in [0.5, 0.6) is 5.88 Å². The molecule has 54 nitrogen and oxygen atoms in total. The first-order valence-electron chi connectivity index (χ1n) is 46.9. The van der Waals surface area contributed by atoms with Gasteiger partial charge < -0.3 is 99.9 Å². The van der Waals surface area contributed by atoms with E-state index in [2.05, 4.69) is 243 Å². The molecule has 21 rings (SSSR count). The lowest BCUT2D eigenvalue weighted by atomic mass is 10.1. The number of H-pyrrole nitrogens is 2. The lowest BCUT2D eigenvalue weighted by Crippen LogP contribution is -2.24. The smallest absolute Gasteiger partial charge is 0.368 e. The van der Waals surface area contributed by atoms with Crippen molar-refractivity contribution in [1.82, 2.24) is 194 Å². The second-order valence-electron chi connectivity index (χ2n) is 44.4. The summed E-state index contributed by atoms with van der Waals surface area (Å²) >= 11 is 0. The summed E-state index contributed by atoms with van der Waals surface area (Å²) in [6.07, 6.45) is 28.5. The molecule has 21 heterocycles. The molecule has 0 aliphatic carbocycles. The Morgan fingerprint density at radius 3 is 0.940 bits per heavy atom. The van der Waals surface area contributed by atoms with Crippen molar-refractivity contribution in [3.05, 3.63) is 165 Å². The molecule has 0 spiro atoms. The van der Waals surface area contributed by atoms with Gasteiger partial charge in [0, 0.05) is 70.8 Å². The Morgan fingerprint density at radius 2 is 0.597 bits per heavy atom. The molecule has 21 aromatic rings. The Labute approximate surface area is 853 Å². The minimum absolute atomic E-state index is 0.0461. The molecule has 149 heavy (non-hydrogen) atoms. The topological polar surface area (TPSA) is 707 Å². The molecule has 0 aliphatic rings. The standard InChI is InChI=1S/C11H13N5O.C10H15N5O.2C10H14N4O.C9H13N5O.4C9H13N5.C9H12N4O2/c1-11(2,3)16-6-13-7-8(16)14-10-12-4-5-15(10)9(7)17;1-10(2,3)15-8-6(9(14-15)16-4)7(11)12-5-13-8;2*1-10(2,3)14-6-11-7-8(14)12-5-13(4)9(7)15;1-9(2,3)14-7-5(8(15)13-14)6(10)11-4-12-7;4*1-9(2,3)14-5-13-6-7(10)11-4-12-8(6)14;1-9(2,3)13-4-11-5-6(13)12-8(10)15-7(5)14/h4-6H,1-3H3,(H,12,14);5H,1-4H3,(H2,11,12,13);2*5-6H,1-4H3;4H,1-3H3,(H,13,15)(H2,10,11,12);4*4-5H,1-3H3,(H2,10,11,12);4H,1-3H3,(H2,10,12). The third-order valence-electron chi connectivity index (χ3n) is 22.3. The fourth-order valence-corrected chi connectivity index (χ4v) is 14.6. The van der Waals surface area contributed by atoms with Gasteiger partial charge in [-0.25, -0.2) is 129 Å². The van der Waals surface area contributed by atoms with Crippen molar-refractivity contribution in [3.8, 4) is 5.88 Å². The number of fused-ring (bicyclic) bond motifs is 11. The molecule has 0 amide bonds. The first kappa shape index (κ1) is 110. The number of imidazole rings is 9. The van der Waals surface area contributed by atoms with E-state index in [1.165, 1.54) is 64.2 Å². The average Bonchev–Trinajstić information content (AvgIpc) is 1.61. The van der Waals surface area contributed by atoms with Crippen LogP contribution in [0.2, 0.25) is 0 Å². The molecular formula is C95H133N47O7. The number of nitrogen functional groups attached to an aromatic ring is 7. The van der Waals surface area contributed by atoms with Gasteiger partial charge in [-0.15, -0.1) is 5.10 Å². The minimum Gasteiger partial charge on any atom is -0.479 e. The number of anilines is 7. The molecule has 16 N–H and O–H groups in total. The molecule has 21 aromatic heterocycles. The molecule has 0 atom stereocenters. The summed E-state index contributed by atoms with van der Waals surface area (Å²) in [7, 11) is 4.90. The highest BCUT2D eigenvalue weighted by atomic mass is 16.5. The molecule has 0 radical (unpaired) electrons. The van der Waals surface area contributed by atoms with Gasteiger partial charge in [-0.3, -0.25) is 29.0 Å². The van der Waals surface area contributed by atoms with Crippen LogP contribution in [0.15, 0.2) is 142 Å². The summed E-state index contributed by atoms with van der Waals surface area (Å²) in [6.45, 7) is 61.5. The van der Waals surface area contributed by atoms with Crippen molar-refractivity contribution >= 4 is 158 Å². The fourth-order valence-electron chi connectivity index (χ4n) is 14.6. The van der Waals surface area contributed by atoms with Gasteiger partial charge in [-0.05, 0) is 208 Å². The van der Waals surface area contributed by atoms with Crippen LogP contribution in [0.3, 0.4) is 0 Å². The number of methoxy groups -OCH3 is 1. The largest absolute Gasteiger partial charge is 0.479 e. The summed E-state index contributed by atoms with van der Waals surface area (Å²) in [5.41, 5.74) is 48.2. The molecule has 0 saturated heterocycles. The zero-order valence-electron chi connectivity index (χ0n) is 90.3. The van der Waals surface area contributed by atoms with Gasteiger partial charge in [-0.2, -0.15) is 4.98 Å². The van der Waals surface area contributed by atoms with E-state index in [1.807, 2.05) is 136 Å². The van der Waals surface area contributed by atoms with Crippen molar-refractivity contribution in [1.29, 1.82) is 0 Å². The van der Waals surface area contributed by atoms with E-state index in [1.54, 1.807) is 98.1 Å². The molecule has 0 fully saturated rings. The highest BCUT2D eigenvalue weighted by Gasteiger charge is 2.30. The lowest BCUT2D eigenvalue weighted by molar-refractivity contribution is 0.336. The number of hydrogen-bond donors (Lipinski definition) is 9. The van der Waals surface area contributed by atoms with Crippen LogP contribution in [-0.2, 0) is 69.5 Å². The van der Waals surface area contributed by atoms with Crippen molar-refractivity contribution in [3.63, 3.8) is 0 Å². The Morgan fingerprint density at radius 1 is 0.295 bits per heavy atom. The van der Waals surface area contributed by atoms with E-state index in [4.69, 9.17) is 44.9 Å². The van der Waals surface area contributed by atoms with Crippen LogP contribution in [0, 0.1) is 0 Å². The molecule has 0 saturated carbocycles. The number of aromatic amines is 2. The van der Waals surface area contributed by atoms with Crippen LogP contribution in [-0.4, -0.2) is 201 Å². The predicted octanol–water partition coefficient (Wildman–Crippen LogP) is 9.90. The van der Waals surface area contributed by atoms with Crippen LogP contribution in [0.25, 0.3) is 117 Å². The van der Waals surface area contributed by atoms with E-state index in [-0.39, 0.29) is 95.0 Å². The van der Waals surface area contributed by atoms with Gasteiger partial charge in [-0.1, -0.05) is 0 Å². The molecular weight excluding hydrogens is 1910 g/mol. The zero-order valence-corrected chi connectivity index (χ0v) is 90.3. The Balaban J connectivity index is 0.000000147. The molecule has 0 bridgehead atoms. The van der Waals surface area contributed by atoms with E-state index in [0.717, 1.165) is 22.6 Å². The second kappa shape index (κ2) is 41.2. The monoisotopic (exact) mass is 2040 g/mol. The normalized spacial score (nSPS) is 12.2. The number of aromatic nitrogens is 40. The summed E-state index contributed by atoms with van der Waals surface area (Å²) in [4.78, 5) is 160. The van der Waals surface area contributed by atoms with Crippen LogP contribution >= 0.6 is 0 Å². The number of ether oxygens (including phenoxy) is 1. The Kier molecular flexibility index (Phi) is 30.4. The van der Waals surface area contributed by atoms with Crippen molar-refractivity contribution in [2.24, 2.45) is 14.1 Å². The number of nitrogens with one attached hydrogen (secondary N) is 2. The third kappa shape index (κ3) is 23.8. The fraction of sp³-hybridized carbons (Fsp3) is 0.453. The zero-order chi connectivity index (χ0) is 110. The van der Waals surface area contributed by atoms with E-state index in [9.17, 15) is 24.0 Å². The number of aryl methyl sites for hydroxylation is 2. The summed E-state index contributed by atoms with van der Waals surface area (Å²) in [6, 6.07) is -0.140. The molecule has 0 unspecified atom stereocenters. The predicted molar refractivity (Wildman–Crippen MR) is 573 cm³/mol. The second-order valence-corrected chi connectivity index (χ2v) is 44.4. The molecule has 54 heteroatoms. The first-order chi connectivity index (χ1) is 69.0. The average molecular weight is 2050 g/mol. The quantitative estimate of drug-likeness (QED) is 0.0737. The SMILES string of the molecule is CC(C)(C)n1[nH]c(=O)c2c(N)ncnc21.CC(C)(C)n1cnc2c(=O)n3ccnc3[nH]c21.CC(C)(C)n1cnc2c(=O)oc(N)nc21.CC(C)(C)n1cnc2c(N)ncnc21.CC(C)(C)n1cnc2c(N)ncnc21.CC(C)(C)n1cnc2c(N)ncnc21.CC(C)(C)n1cnc2c(N)ncnc21.COc1nn(C(C)(C)C)c2ncnc(N)c12.Cn1cnc2c(ncn2C(C)(C)C)c1=O.Cn1cnc2c(ncn2C(C)(C)C)c1=O. The third-order valence-corrected chi connectivity index (χ3v) is 22.3. The number of nitrogens with two attached hydrogens (primary N) is 7. The maximum atomic E-state index is 12.1. The van der Waals surface area contributed by atoms with Crippen LogP contribution < -0.4 is 72.7 Å². The maximum Gasteiger partial charge on any atom is 0.368 e. The Hall–Kier alpha value is -17.6. The van der Waals surface area contributed by atoms with E-state index < -0.39 is 5.63 Å². The Bertz CT molecular complexity index is 8260. The number of hydrogen-bond acceptors (Lipinski definition) is 39. The van der Waals surface area contributed by atoms with Gasteiger partial charge in [0.05, 0.1) is 81.5 Å². The first-order valence-corrected chi connectivity index (χ1v) is 46.9. The summed E-state index contributed by atoms with van der Waals surface area (Å²) in [5.74, 6) is 3.31. The van der Waals surface area contributed by atoms with Crippen LogP contribution in [0.4, 0.5) is 40.9 Å². The number of rotatable bonds is 1. The van der Waals surface area contributed by atoms with Gasteiger partial charge in [0.1, 0.15) is 88.1 Å². The van der Waals surface area contributed by atoms with Gasteiger partial charge in [0.2, 0.25) is 11.7 Å². The summed E-state index contributed by atoms with van der Waals surface area (Å²) < 4.78 is 33.1. The van der Waals surface area contributed by atoms with Crippen molar-refractivity contribution < 1.29 is 9.15 Å². The molecule has 0 aromatic carbocycles. The number of nitrogens with zero attached hydrogens (tertiary/aromatic N) is 38. The lowest BCUT2D eigenvalue weighted by Gasteiger charge is -2.21. The maximum absolute atomic E-state index is 12.1. The highest BCUT2D eigenvalue weighted by molar-refractivity contribution is 5.91. The van der Waals surface area contributed by atoms with E-state index in [0.29, 0.717) is 124 Å². The highest BCUT2D eigenvalue weighted by Crippen LogP contribution is 2.33.